The lowest BCUT2D eigenvalue weighted by molar-refractivity contribution is 0.115. The van der Waals surface area contributed by atoms with Crippen LogP contribution in [0.2, 0.25) is 0 Å². The molecule has 3 N–H and O–H groups in total. The molecule has 0 aromatic heterocycles. The van der Waals surface area contributed by atoms with Crippen molar-refractivity contribution >= 4 is 11.7 Å². The van der Waals surface area contributed by atoms with E-state index in [1.807, 2.05) is 31.2 Å². The quantitative estimate of drug-likeness (QED) is 0.726. The number of hydrogen-bond acceptors (Lipinski definition) is 3. The Morgan fingerprint density at radius 1 is 1.39 bits per heavy atom. The van der Waals surface area contributed by atoms with Gasteiger partial charge in [-0.1, -0.05) is 17.7 Å². The molecule has 0 aliphatic carbocycles. The van der Waals surface area contributed by atoms with Gasteiger partial charge in [-0.15, -0.1) is 0 Å². The van der Waals surface area contributed by atoms with Crippen LogP contribution in [0.15, 0.2) is 24.3 Å². The van der Waals surface area contributed by atoms with Gasteiger partial charge in [-0.2, -0.15) is 0 Å². The Kier molecular flexibility index (Phi) is 3.84. The van der Waals surface area contributed by atoms with Crippen molar-refractivity contribution in [2.45, 2.75) is 19.1 Å². The maximum atomic E-state index is 12.0. The van der Waals surface area contributed by atoms with E-state index >= 15 is 0 Å². The van der Waals surface area contributed by atoms with Crippen molar-refractivity contribution in [3.05, 3.63) is 29.8 Å². The third-order valence-electron chi connectivity index (χ3n) is 3.27. The summed E-state index contributed by atoms with van der Waals surface area (Å²) in [5.41, 5.74) is 1.91. The Morgan fingerprint density at radius 2 is 2.06 bits per heavy atom. The van der Waals surface area contributed by atoms with E-state index in [0.717, 1.165) is 11.3 Å². The van der Waals surface area contributed by atoms with E-state index in [1.165, 1.54) is 0 Å². The van der Waals surface area contributed by atoms with E-state index in [-0.39, 0.29) is 12.1 Å². The molecule has 18 heavy (non-hydrogen) atoms. The number of anilines is 1. The number of nitrogens with one attached hydrogen (secondary N) is 2. The topological polar surface area (TPSA) is 64.6 Å². The molecule has 0 unspecified atom stereocenters. The lowest BCUT2D eigenvalue weighted by atomic mass is 10.2. The van der Waals surface area contributed by atoms with Crippen LogP contribution in [-0.2, 0) is 0 Å². The third kappa shape index (κ3) is 2.80. The molecule has 1 aromatic rings. The highest BCUT2D eigenvalue weighted by Crippen LogP contribution is 2.12. The second-order valence-electron chi connectivity index (χ2n) is 4.70. The minimum atomic E-state index is -0.501. The highest BCUT2D eigenvalue weighted by atomic mass is 16.3. The summed E-state index contributed by atoms with van der Waals surface area (Å²) in [5, 5.41) is 15.6. The van der Waals surface area contributed by atoms with Crippen LogP contribution in [0.3, 0.4) is 0 Å². The maximum absolute atomic E-state index is 12.0. The molecule has 0 bridgehead atoms. The average Bonchev–Trinajstić information content (AvgIpc) is 2.77. The Hall–Kier alpha value is -1.59. The fraction of sp³-hybridized carbons (Fsp3) is 0.462. The monoisotopic (exact) mass is 249 g/mol. The Labute approximate surface area is 107 Å². The first-order chi connectivity index (χ1) is 8.58. The van der Waals surface area contributed by atoms with Crippen molar-refractivity contribution in [1.82, 2.24) is 10.2 Å². The molecule has 98 valence electrons. The molecular formula is C13H19N3O2. The minimum Gasteiger partial charge on any atom is -0.390 e. The standard InChI is InChI=1S/C13H19N3O2/c1-9-3-5-10(6-4-9)15-13(18)16(2)11-7-14-8-12(11)17/h3-6,11-12,14,17H,7-8H2,1-2H3,(H,15,18)/t11-,12-/m1/s1. The molecule has 2 atom stereocenters. The van der Waals surface area contributed by atoms with Gasteiger partial charge in [0, 0.05) is 25.8 Å². The highest BCUT2D eigenvalue weighted by Gasteiger charge is 2.31. The van der Waals surface area contributed by atoms with Gasteiger partial charge in [0.05, 0.1) is 12.1 Å². The van der Waals surface area contributed by atoms with Gasteiger partial charge in [0.15, 0.2) is 0 Å². The number of nitrogens with zero attached hydrogens (tertiary/aromatic N) is 1. The predicted octanol–water partition coefficient (Wildman–Crippen LogP) is 0.791. The Balaban J connectivity index is 1.97. The van der Waals surface area contributed by atoms with Crippen molar-refractivity contribution in [3.8, 4) is 0 Å². The lowest BCUT2D eigenvalue weighted by Crippen LogP contribution is -2.46. The number of carbonyl (C=O) groups is 1. The Morgan fingerprint density at radius 3 is 2.61 bits per heavy atom. The average molecular weight is 249 g/mol. The molecular weight excluding hydrogens is 230 g/mol. The number of urea groups is 1. The van der Waals surface area contributed by atoms with E-state index in [2.05, 4.69) is 10.6 Å². The molecule has 1 aliphatic rings. The molecule has 1 aromatic carbocycles. The summed E-state index contributed by atoms with van der Waals surface area (Å²) in [5.74, 6) is 0. The summed E-state index contributed by atoms with van der Waals surface area (Å²) in [4.78, 5) is 13.6. The first kappa shape index (κ1) is 12.9. The van der Waals surface area contributed by atoms with Crippen molar-refractivity contribution in [2.24, 2.45) is 0 Å². The normalized spacial score (nSPS) is 22.8. The van der Waals surface area contributed by atoms with E-state index < -0.39 is 6.10 Å². The molecule has 1 heterocycles. The lowest BCUT2D eigenvalue weighted by Gasteiger charge is -2.26. The zero-order valence-electron chi connectivity index (χ0n) is 10.7. The molecule has 0 radical (unpaired) electrons. The van der Waals surface area contributed by atoms with Gasteiger partial charge in [-0.25, -0.2) is 4.79 Å². The fourth-order valence-corrected chi connectivity index (χ4v) is 2.05. The minimum absolute atomic E-state index is 0.171. The van der Waals surface area contributed by atoms with E-state index in [4.69, 9.17) is 0 Å². The van der Waals surface area contributed by atoms with Crippen molar-refractivity contribution < 1.29 is 9.90 Å². The van der Waals surface area contributed by atoms with Crippen molar-refractivity contribution in [1.29, 1.82) is 0 Å². The number of rotatable bonds is 2. The van der Waals surface area contributed by atoms with Gasteiger partial charge in [0.25, 0.3) is 0 Å². The summed E-state index contributed by atoms with van der Waals surface area (Å²) >= 11 is 0. The molecule has 1 aliphatic heterocycles. The second-order valence-corrected chi connectivity index (χ2v) is 4.70. The van der Waals surface area contributed by atoms with Gasteiger partial charge in [-0.3, -0.25) is 0 Å². The molecule has 2 amide bonds. The van der Waals surface area contributed by atoms with Crippen molar-refractivity contribution in [3.63, 3.8) is 0 Å². The summed E-state index contributed by atoms with van der Waals surface area (Å²) in [6.45, 7) is 3.16. The number of aliphatic hydroxyl groups is 1. The summed E-state index contributed by atoms with van der Waals surface area (Å²) in [7, 11) is 1.70. The number of aryl methyl sites for hydroxylation is 1. The Bertz CT molecular complexity index is 419. The predicted molar refractivity (Wildman–Crippen MR) is 70.6 cm³/mol. The third-order valence-corrected chi connectivity index (χ3v) is 3.27. The van der Waals surface area contributed by atoms with Gasteiger partial charge >= 0.3 is 6.03 Å². The summed E-state index contributed by atoms with van der Waals surface area (Å²) < 4.78 is 0. The van der Waals surface area contributed by atoms with Gasteiger partial charge in [0.1, 0.15) is 0 Å². The largest absolute Gasteiger partial charge is 0.390 e. The number of likely N-dealkylation sites (N-methyl/N-ethyl adjacent to an activating group) is 1. The van der Waals surface area contributed by atoms with Crippen LogP contribution in [0.5, 0.6) is 0 Å². The van der Waals surface area contributed by atoms with Crippen molar-refractivity contribution in [2.75, 3.05) is 25.5 Å². The number of benzene rings is 1. The summed E-state index contributed by atoms with van der Waals surface area (Å²) in [6, 6.07) is 7.25. The molecule has 1 saturated heterocycles. The van der Waals surface area contributed by atoms with Crippen LogP contribution in [-0.4, -0.2) is 48.3 Å². The van der Waals surface area contributed by atoms with E-state index in [9.17, 15) is 9.90 Å². The number of hydrogen-bond donors (Lipinski definition) is 3. The number of carbonyl (C=O) groups excluding carboxylic acids is 1. The number of aliphatic hydroxyl groups excluding tert-OH is 1. The van der Waals surface area contributed by atoms with Crippen LogP contribution in [0.25, 0.3) is 0 Å². The molecule has 5 heteroatoms. The fourth-order valence-electron chi connectivity index (χ4n) is 2.05. The number of amides is 2. The molecule has 0 spiro atoms. The zero-order chi connectivity index (χ0) is 13.1. The number of β-amino-alcohol motifs (C(OH)–C–C–N with tert-alkyl or cyclic N) is 1. The molecule has 2 rings (SSSR count). The first-order valence-corrected chi connectivity index (χ1v) is 6.07. The molecule has 5 nitrogen and oxygen atoms in total. The van der Waals surface area contributed by atoms with Gasteiger partial charge in [-0.05, 0) is 19.1 Å². The first-order valence-electron chi connectivity index (χ1n) is 6.07. The van der Waals surface area contributed by atoms with Crippen LogP contribution < -0.4 is 10.6 Å². The van der Waals surface area contributed by atoms with Gasteiger partial charge < -0.3 is 20.6 Å². The molecule has 1 fully saturated rings. The smallest absolute Gasteiger partial charge is 0.321 e. The van der Waals surface area contributed by atoms with E-state index in [1.54, 1.807) is 11.9 Å². The van der Waals surface area contributed by atoms with Crippen LogP contribution in [0.4, 0.5) is 10.5 Å². The van der Waals surface area contributed by atoms with Crippen LogP contribution >= 0.6 is 0 Å². The zero-order valence-corrected chi connectivity index (χ0v) is 10.7. The van der Waals surface area contributed by atoms with Gasteiger partial charge in [0.2, 0.25) is 0 Å². The highest BCUT2D eigenvalue weighted by molar-refractivity contribution is 5.89. The van der Waals surface area contributed by atoms with Crippen LogP contribution in [0, 0.1) is 6.92 Å². The maximum Gasteiger partial charge on any atom is 0.321 e. The van der Waals surface area contributed by atoms with Crippen LogP contribution in [0.1, 0.15) is 5.56 Å². The molecule has 0 saturated carbocycles. The summed E-state index contributed by atoms with van der Waals surface area (Å²) in [6.07, 6.45) is -0.501. The second kappa shape index (κ2) is 5.37. The SMILES string of the molecule is Cc1ccc(NC(=O)N(C)[C@@H]2CNC[C@H]2O)cc1. The van der Waals surface area contributed by atoms with E-state index in [0.29, 0.717) is 13.1 Å².